The lowest BCUT2D eigenvalue weighted by atomic mass is 9.87. The number of carbonyl (C=O) groups excluding carboxylic acids is 2. The average Bonchev–Trinajstić information content (AvgIpc) is 3.26. The Bertz CT molecular complexity index is 1050. The van der Waals surface area contributed by atoms with Gasteiger partial charge < -0.3 is 20.5 Å². The molecule has 0 aromatic heterocycles. The van der Waals surface area contributed by atoms with Crippen molar-refractivity contribution in [3.63, 3.8) is 0 Å². The van der Waals surface area contributed by atoms with E-state index in [4.69, 9.17) is 21.4 Å². The number of aliphatic carboxylic acids is 1. The second kappa shape index (κ2) is 11.1. The maximum Gasteiger partial charge on any atom is 0.306 e. The summed E-state index contributed by atoms with van der Waals surface area (Å²) in [7, 11) is 0. The number of thioether (sulfide) groups is 1. The number of ether oxygens (including phenoxy) is 1. The molecule has 180 valence electrons. The zero-order chi connectivity index (χ0) is 24.1. The van der Waals surface area contributed by atoms with Crippen LogP contribution in [0.3, 0.4) is 0 Å². The topological polar surface area (TPSA) is 105 Å². The summed E-state index contributed by atoms with van der Waals surface area (Å²) in [5, 5.41) is 15.3. The van der Waals surface area contributed by atoms with Gasteiger partial charge in [-0.1, -0.05) is 17.7 Å². The van der Waals surface area contributed by atoms with E-state index in [1.54, 1.807) is 24.3 Å². The Morgan fingerprint density at radius 1 is 1.00 bits per heavy atom. The average molecular weight is 503 g/mol. The SMILES string of the molecule is O=C(NCCNC(=O)C1Cc2ccc(Cl)cc2S1)c1ccc(OC2CCC(C(=O)O)CC2)cc1. The third-order valence-electron chi connectivity index (χ3n) is 6.15. The molecule has 4 rings (SSSR count). The van der Waals surface area contributed by atoms with Crippen molar-refractivity contribution >= 4 is 41.1 Å². The quantitative estimate of drug-likeness (QED) is 0.472. The van der Waals surface area contributed by atoms with Crippen molar-refractivity contribution in [3.8, 4) is 5.75 Å². The predicted molar refractivity (Wildman–Crippen MR) is 131 cm³/mol. The molecule has 2 aromatic carbocycles. The van der Waals surface area contributed by atoms with Gasteiger partial charge in [-0.3, -0.25) is 14.4 Å². The molecule has 7 nitrogen and oxygen atoms in total. The van der Waals surface area contributed by atoms with Gasteiger partial charge in [0, 0.05) is 28.6 Å². The number of nitrogens with one attached hydrogen (secondary N) is 2. The Morgan fingerprint density at radius 2 is 1.71 bits per heavy atom. The number of amides is 2. The van der Waals surface area contributed by atoms with Crippen LogP contribution in [0, 0.1) is 5.92 Å². The molecular weight excluding hydrogens is 476 g/mol. The fourth-order valence-corrected chi connectivity index (χ4v) is 5.72. The monoisotopic (exact) mass is 502 g/mol. The second-order valence-corrected chi connectivity index (χ2v) is 10.2. The third-order valence-corrected chi connectivity index (χ3v) is 7.68. The molecule has 0 bridgehead atoms. The van der Waals surface area contributed by atoms with Crippen LogP contribution in [0.15, 0.2) is 47.4 Å². The highest BCUT2D eigenvalue weighted by Crippen LogP contribution is 2.38. The first kappa shape index (κ1) is 24.4. The van der Waals surface area contributed by atoms with E-state index in [0.29, 0.717) is 61.5 Å². The molecule has 1 aliphatic carbocycles. The van der Waals surface area contributed by atoms with E-state index in [1.807, 2.05) is 18.2 Å². The van der Waals surface area contributed by atoms with E-state index in [1.165, 1.54) is 11.8 Å². The number of carbonyl (C=O) groups is 3. The van der Waals surface area contributed by atoms with Crippen LogP contribution in [0.5, 0.6) is 5.75 Å². The van der Waals surface area contributed by atoms with Gasteiger partial charge in [0.25, 0.3) is 5.91 Å². The van der Waals surface area contributed by atoms with Crippen LogP contribution < -0.4 is 15.4 Å². The molecule has 0 spiro atoms. The summed E-state index contributed by atoms with van der Waals surface area (Å²) < 4.78 is 5.94. The lowest BCUT2D eigenvalue weighted by molar-refractivity contribution is -0.143. The van der Waals surface area contributed by atoms with Crippen molar-refractivity contribution in [1.29, 1.82) is 0 Å². The van der Waals surface area contributed by atoms with E-state index in [-0.39, 0.29) is 29.1 Å². The van der Waals surface area contributed by atoms with Gasteiger partial charge in [0.1, 0.15) is 5.75 Å². The molecule has 2 aliphatic rings. The molecule has 0 radical (unpaired) electrons. The lowest BCUT2D eigenvalue weighted by Crippen LogP contribution is -2.38. The van der Waals surface area contributed by atoms with Crippen LogP contribution in [-0.4, -0.2) is 47.3 Å². The number of halogens is 1. The standard InChI is InChI=1S/C25H27ClN2O5S/c26-18-6-1-17-13-22(34-21(17)14-18)24(30)28-12-11-27-23(29)15-2-7-19(8-3-15)33-20-9-4-16(5-10-20)25(31)32/h1-3,6-8,14,16,20,22H,4-5,9-13H2,(H,27,29)(H,28,30)(H,31,32). The Hall–Kier alpha value is -2.71. The number of hydrogen-bond acceptors (Lipinski definition) is 5. The maximum atomic E-state index is 12.4. The van der Waals surface area contributed by atoms with Gasteiger partial charge in [-0.25, -0.2) is 0 Å². The zero-order valence-electron chi connectivity index (χ0n) is 18.6. The van der Waals surface area contributed by atoms with Gasteiger partial charge >= 0.3 is 5.97 Å². The fourth-order valence-electron chi connectivity index (χ4n) is 4.23. The normalized spacial score (nSPS) is 21.4. The van der Waals surface area contributed by atoms with Crippen LogP contribution >= 0.6 is 23.4 Å². The van der Waals surface area contributed by atoms with Gasteiger partial charge in [0.05, 0.1) is 17.3 Å². The number of fused-ring (bicyclic) bond motifs is 1. The summed E-state index contributed by atoms with van der Waals surface area (Å²) in [5.41, 5.74) is 1.63. The van der Waals surface area contributed by atoms with Crippen molar-refractivity contribution in [2.45, 2.75) is 48.4 Å². The van der Waals surface area contributed by atoms with Crippen molar-refractivity contribution in [2.75, 3.05) is 13.1 Å². The molecule has 0 saturated heterocycles. The number of carboxylic acid groups (broad SMARTS) is 1. The first-order valence-electron chi connectivity index (χ1n) is 11.4. The van der Waals surface area contributed by atoms with Crippen molar-refractivity contribution in [1.82, 2.24) is 10.6 Å². The molecule has 1 unspecified atom stereocenters. The molecule has 1 saturated carbocycles. The van der Waals surface area contributed by atoms with Crippen LogP contribution in [0.4, 0.5) is 0 Å². The minimum absolute atomic E-state index is 0.00157. The minimum Gasteiger partial charge on any atom is -0.490 e. The summed E-state index contributed by atoms with van der Waals surface area (Å²) >= 11 is 7.53. The molecule has 2 amide bonds. The number of benzene rings is 2. The minimum atomic E-state index is -0.735. The van der Waals surface area contributed by atoms with Crippen molar-refractivity contribution < 1.29 is 24.2 Å². The summed E-state index contributed by atoms with van der Waals surface area (Å²) in [4.78, 5) is 36.9. The van der Waals surface area contributed by atoms with Gasteiger partial charge in [-0.05, 0) is 74.1 Å². The highest BCUT2D eigenvalue weighted by Gasteiger charge is 2.28. The number of rotatable bonds is 8. The van der Waals surface area contributed by atoms with E-state index in [2.05, 4.69) is 10.6 Å². The van der Waals surface area contributed by atoms with Crippen LogP contribution in [0.1, 0.15) is 41.6 Å². The smallest absolute Gasteiger partial charge is 0.306 e. The largest absolute Gasteiger partial charge is 0.490 e. The number of hydrogen-bond donors (Lipinski definition) is 3. The molecular formula is C25H27ClN2O5S. The Balaban J connectivity index is 1.15. The van der Waals surface area contributed by atoms with Gasteiger partial charge in [0.2, 0.25) is 5.91 Å². The third kappa shape index (κ3) is 6.24. The van der Waals surface area contributed by atoms with Gasteiger partial charge in [-0.15, -0.1) is 11.8 Å². The molecule has 1 aliphatic heterocycles. The van der Waals surface area contributed by atoms with E-state index < -0.39 is 5.97 Å². The van der Waals surface area contributed by atoms with Crippen LogP contribution in [0.25, 0.3) is 0 Å². The molecule has 3 N–H and O–H groups in total. The first-order chi connectivity index (χ1) is 16.4. The molecule has 9 heteroatoms. The maximum absolute atomic E-state index is 12.4. The van der Waals surface area contributed by atoms with Gasteiger partial charge in [0.15, 0.2) is 0 Å². The Morgan fingerprint density at radius 3 is 2.41 bits per heavy atom. The highest BCUT2D eigenvalue weighted by atomic mass is 35.5. The van der Waals surface area contributed by atoms with Crippen molar-refractivity contribution in [3.05, 3.63) is 58.6 Å². The van der Waals surface area contributed by atoms with E-state index >= 15 is 0 Å². The second-order valence-electron chi connectivity index (χ2n) is 8.56. The molecule has 34 heavy (non-hydrogen) atoms. The predicted octanol–water partition coefficient (Wildman–Crippen LogP) is 3.93. The first-order valence-corrected chi connectivity index (χ1v) is 12.7. The van der Waals surface area contributed by atoms with E-state index in [9.17, 15) is 14.4 Å². The molecule has 2 aromatic rings. The van der Waals surface area contributed by atoms with E-state index in [0.717, 1.165) is 10.5 Å². The van der Waals surface area contributed by atoms with Crippen LogP contribution in [-0.2, 0) is 16.0 Å². The summed E-state index contributed by atoms with van der Waals surface area (Å²) in [6, 6.07) is 12.6. The number of carboxylic acids is 1. The molecule has 1 fully saturated rings. The summed E-state index contributed by atoms with van der Waals surface area (Å²) in [5.74, 6) is -0.616. The van der Waals surface area contributed by atoms with Crippen molar-refractivity contribution in [2.24, 2.45) is 5.92 Å². The zero-order valence-corrected chi connectivity index (χ0v) is 20.2. The summed E-state index contributed by atoms with van der Waals surface area (Å²) in [6.07, 6.45) is 3.34. The summed E-state index contributed by atoms with van der Waals surface area (Å²) in [6.45, 7) is 0.671. The van der Waals surface area contributed by atoms with Crippen LogP contribution in [0.2, 0.25) is 5.02 Å². The van der Waals surface area contributed by atoms with Gasteiger partial charge in [-0.2, -0.15) is 0 Å². The molecule has 1 atom stereocenters. The lowest BCUT2D eigenvalue weighted by Gasteiger charge is -2.26. The Labute approximate surface area is 207 Å². The molecule has 1 heterocycles. The fraction of sp³-hybridized carbons (Fsp3) is 0.400. The highest BCUT2D eigenvalue weighted by molar-refractivity contribution is 8.01. The Kier molecular flexibility index (Phi) is 8.00.